The minimum Gasteiger partial charge on any atom is -0.370 e. The summed E-state index contributed by atoms with van der Waals surface area (Å²) in [5.74, 6) is -1.03. The molecule has 2 heterocycles. The normalized spacial score (nSPS) is 22.4. The molecule has 162 valence electrons. The third-order valence-electron chi connectivity index (χ3n) is 7.35. The Hall–Kier alpha value is -2.23. The van der Waals surface area contributed by atoms with Gasteiger partial charge < -0.3 is 4.90 Å². The van der Waals surface area contributed by atoms with E-state index in [9.17, 15) is 4.39 Å². The molecule has 0 saturated carbocycles. The van der Waals surface area contributed by atoms with Gasteiger partial charge in [-0.15, -0.1) is 0 Å². The Balaban J connectivity index is 2.28. The van der Waals surface area contributed by atoms with Crippen LogP contribution in [0.3, 0.4) is 0 Å². The molecule has 0 saturated heterocycles. The lowest BCUT2D eigenvalue weighted by Crippen LogP contribution is -2.68. The second-order valence-corrected chi connectivity index (χ2v) is 8.75. The Morgan fingerprint density at radius 1 is 1.10 bits per heavy atom. The molecule has 3 rings (SSSR count). The SMILES string of the molecule is C=CC1(CC)[n+]2cc(N(C)CCCCC)ccc2-c2c(F)cc(F)cc2C1(C)CC. The number of unbranched alkanes of at least 4 members (excludes halogenated alkanes) is 2. The van der Waals surface area contributed by atoms with E-state index in [4.69, 9.17) is 0 Å². The highest BCUT2D eigenvalue weighted by Gasteiger charge is 2.58. The molecule has 2 atom stereocenters. The Bertz CT molecular complexity index is 939. The Labute approximate surface area is 180 Å². The van der Waals surface area contributed by atoms with Gasteiger partial charge in [0.05, 0.1) is 11.0 Å². The lowest BCUT2D eigenvalue weighted by molar-refractivity contribution is -0.755. The lowest BCUT2D eigenvalue weighted by atomic mass is 9.60. The Morgan fingerprint density at radius 3 is 2.43 bits per heavy atom. The number of allylic oxidation sites excluding steroid dienone is 1. The van der Waals surface area contributed by atoms with E-state index < -0.39 is 22.6 Å². The van der Waals surface area contributed by atoms with Gasteiger partial charge in [-0.3, -0.25) is 0 Å². The molecule has 0 aliphatic carbocycles. The maximum Gasteiger partial charge on any atom is 0.216 e. The highest BCUT2D eigenvalue weighted by molar-refractivity contribution is 5.67. The van der Waals surface area contributed by atoms with Gasteiger partial charge in [-0.25, -0.2) is 8.78 Å². The lowest BCUT2D eigenvalue weighted by Gasteiger charge is -2.46. The van der Waals surface area contributed by atoms with E-state index in [1.54, 1.807) is 0 Å². The topological polar surface area (TPSA) is 7.12 Å². The van der Waals surface area contributed by atoms with Crippen LogP contribution in [-0.2, 0) is 11.0 Å². The fraction of sp³-hybridized carbons (Fsp3) is 0.500. The van der Waals surface area contributed by atoms with Crippen molar-refractivity contribution in [3.8, 4) is 11.3 Å². The van der Waals surface area contributed by atoms with Crippen LogP contribution in [0, 0.1) is 11.6 Å². The van der Waals surface area contributed by atoms with Crippen LogP contribution in [-0.4, -0.2) is 13.6 Å². The van der Waals surface area contributed by atoms with Crippen LogP contribution in [0.25, 0.3) is 11.3 Å². The predicted octanol–water partition coefficient (Wildman–Crippen LogP) is 6.52. The third-order valence-corrected chi connectivity index (χ3v) is 7.35. The number of nitrogens with zero attached hydrogens (tertiary/aromatic N) is 2. The summed E-state index contributed by atoms with van der Waals surface area (Å²) in [6.07, 6.45) is 9.15. The molecule has 2 nitrogen and oxygen atoms in total. The van der Waals surface area contributed by atoms with Crippen molar-refractivity contribution in [1.29, 1.82) is 0 Å². The molecule has 1 aliphatic rings. The average Bonchev–Trinajstić information content (AvgIpc) is 2.74. The van der Waals surface area contributed by atoms with Crippen molar-refractivity contribution in [2.24, 2.45) is 0 Å². The van der Waals surface area contributed by atoms with Gasteiger partial charge in [0.25, 0.3) is 0 Å². The number of halogens is 2. The highest BCUT2D eigenvalue weighted by atomic mass is 19.1. The zero-order valence-electron chi connectivity index (χ0n) is 19.1. The van der Waals surface area contributed by atoms with E-state index in [1.165, 1.54) is 18.9 Å². The summed E-state index contributed by atoms with van der Waals surface area (Å²) in [5, 5.41) is 0. The van der Waals surface area contributed by atoms with Crippen LogP contribution < -0.4 is 9.47 Å². The summed E-state index contributed by atoms with van der Waals surface area (Å²) >= 11 is 0. The van der Waals surface area contributed by atoms with Gasteiger partial charge in [-0.2, -0.15) is 4.57 Å². The standard InChI is InChI=1S/C26H35F2N2/c1-7-11-12-15-29(6)20-13-14-23-24-21(16-19(27)17-22(24)28)25(5,8-2)26(9-3,10-4)30(23)18-20/h9,13-14,16-18H,3,7-8,10-12,15H2,1-2,4-6H3/q+1. The number of anilines is 1. The molecule has 2 aromatic rings. The van der Waals surface area contributed by atoms with Gasteiger partial charge in [0, 0.05) is 32.1 Å². The number of aromatic nitrogens is 1. The summed E-state index contributed by atoms with van der Waals surface area (Å²) < 4.78 is 31.6. The second-order valence-electron chi connectivity index (χ2n) is 8.75. The molecule has 0 bridgehead atoms. The number of hydrogen-bond donors (Lipinski definition) is 0. The first-order valence-electron chi connectivity index (χ1n) is 11.2. The van der Waals surface area contributed by atoms with Crippen molar-refractivity contribution in [2.75, 3.05) is 18.5 Å². The molecule has 0 amide bonds. The zero-order chi connectivity index (χ0) is 22.1. The van der Waals surface area contributed by atoms with E-state index >= 15 is 4.39 Å². The average molecular weight is 414 g/mol. The summed E-state index contributed by atoms with van der Waals surface area (Å²) in [4.78, 5) is 2.26. The number of fused-ring (bicyclic) bond motifs is 3. The maximum absolute atomic E-state index is 15.1. The first-order chi connectivity index (χ1) is 14.3. The van der Waals surface area contributed by atoms with E-state index in [1.807, 2.05) is 18.2 Å². The molecule has 2 unspecified atom stereocenters. The monoisotopic (exact) mass is 413 g/mol. The van der Waals surface area contributed by atoms with E-state index in [2.05, 4.69) is 57.0 Å². The number of hydrogen-bond acceptors (Lipinski definition) is 1. The molecular weight excluding hydrogens is 378 g/mol. The van der Waals surface area contributed by atoms with Crippen LogP contribution in [0.2, 0.25) is 0 Å². The van der Waals surface area contributed by atoms with Crippen molar-refractivity contribution >= 4 is 5.69 Å². The molecule has 1 aliphatic heterocycles. The molecule has 0 N–H and O–H groups in total. The Kier molecular flexibility index (Phi) is 6.35. The molecule has 30 heavy (non-hydrogen) atoms. The summed E-state index contributed by atoms with van der Waals surface area (Å²) in [7, 11) is 2.10. The van der Waals surface area contributed by atoms with E-state index in [-0.39, 0.29) is 0 Å². The van der Waals surface area contributed by atoms with Gasteiger partial charge in [0.2, 0.25) is 5.69 Å². The first kappa shape index (κ1) is 22.5. The summed E-state index contributed by atoms with van der Waals surface area (Å²) in [5.41, 5.74) is 2.14. The van der Waals surface area contributed by atoms with Gasteiger partial charge in [0.15, 0.2) is 11.7 Å². The van der Waals surface area contributed by atoms with Crippen molar-refractivity contribution in [1.82, 2.24) is 0 Å². The maximum atomic E-state index is 15.1. The van der Waals surface area contributed by atoms with Crippen molar-refractivity contribution < 1.29 is 13.3 Å². The van der Waals surface area contributed by atoms with E-state index in [0.29, 0.717) is 5.56 Å². The van der Waals surface area contributed by atoms with Crippen LogP contribution >= 0.6 is 0 Å². The number of pyridine rings is 1. The summed E-state index contributed by atoms with van der Waals surface area (Å²) in [6.45, 7) is 13.7. The highest BCUT2D eigenvalue weighted by Crippen LogP contribution is 2.51. The van der Waals surface area contributed by atoms with Crippen LogP contribution in [0.5, 0.6) is 0 Å². The summed E-state index contributed by atoms with van der Waals surface area (Å²) in [6, 6.07) is 6.54. The number of benzene rings is 1. The molecular formula is C26H35F2N2+. The number of rotatable bonds is 8. The minimum atomic E-state index is -0.527. The van der Waals surface area contributed by atoms with Gasteiger partial charge in [-0.05, 0) is 43.5 Å². The second kappa shape index (κ2) is 8.49. The first-order valence-corrected chi connectivity index (χ1v) is 11.2. The van der Waals surface area contributed by atoms with Crippen molar-refractivity contribution in [3.05, 3.63) is 60.3 Å². The smallest absolute Gasteiger partial charge is 0.216 e. The van der Waals surface area contributed by atoms with Crippen LogP contribution in [0.1, 0.15) is 65.4 Å². The predicted molar refractivity (Wildman–Crippen MR) is 121 cm³/mol. The Morgan fingerprint density at radius 2 is 1.83 bits per heavy atom. The van der Waals surface area contributed by atoms with Gasteiger partial charge in [0.1, 0.15) is 17.3 Å². The zero-order valence-corrected chi connectivity index (χ0v) is 19.1. The quantitative estimate of drug-likeness (QED) is 0.271. The molecule has 1 aromatic carbocycles. The van der Waals surface area contributed by atoms with Gasteiger partial charge in [-0.1, -0.05) is 40.2 Å². The fourth-order valence-electron chi connectivity index (χ4n) is 5.27. The van der Waals surface area contributed by atoms with Crippen LogP contribution in [0.15, 0.2) is 43.1 Å². The molecule has 1 aromatic heterocycles. The molecule has 0 radical (unpaired) electrons. The minimum absolute atomic E-state index is 0.482. The molecule has 0 spiro atoms. The van der Waals surface area contributed by atoms with Crippen LogP contribution in [0.4, 0.5) is 14.5 Å². The van der Waals surface area contributed by atoms with Gasteiger partial charge >= 0.3 is 0 Å². The van der Waals surface area contributed by atoms with Crippen molar-refractivity contribution in [2.45, 2.75) is 70.8 Å². The van der Waals surface area contributed by atoms with Crippen molar-refractivity contribution in [3.63, 3.8) is 0 Å². The third kappa shape index (κ3) is 3.25. The largest absolute Gasteiger partial charge is 0.370 e. The molecule has 4 heteroatoms. The fourth-order valence-corrected chi connectivity index (χ4v) is 5.27. The van der Waals surface area contributed by atoms with E-state index in [0.717, 1.165) is 48.8 Å². The molecule has 0 fully saturated rings.